The molecule has 2 aromatic carbocycles. The van der Waals surface area contributed by atoms with Crippen LogP contribution in [0.5, 0.6) is 5.75 Å². The lowest BCUT2D eigenvalue weighted by Crippen LogP contribution is -2.29. The third-order valence-electron chi connectivity index (χ3n) is 4.75. The summed E-state index contributed by atoms with van der Waals surface area (Å²) in [6.45, 7) is 1.93. The van der Waals surface area contributed by atoms with Crippen molar-refractivity contribution in [1.29, 1.82) is 5.41 Å². The summed E-state index contributed by atoms with van der Waals surface area (Å²) < 4.78 is 34.3. The molecule has 0 spiro atoms. The Labute approximate surface area is 173 Å². The average Bonchev–Trinajstić information content (AvgIpc) is 2.73. The molecule has 0 radical (unpaired) electrons. The van der Waals surface area contributed by atoms with Crippen molar-refractivity contribution in [3.05, 3.63) is 53.6 Å². The summed E-state index contributed by atoms with van der Waals surface area (Å²) >= 11 is 0. The van der Waals surface area contributed by atoms with Crippen LogP contribution in [0.3, 0.4) is 0 Å². The van der Waals surface area contributed by atoms with Gasteiger partial charge in [0.2, 0.25) is 6.41 Å². The van der Waals surface area contributed by atoms with Crippen molar-refractivity contribution in [3.8, 4) is 16.9 Å². The number of carbonyl (C=O) groups is 2. The largest absolute Gasteiger partial charge is 0.496 e. The third kappa shape index (κ3) is 5.62. The molecule has 8 heteroatoms. The van der Waals surface area contributed by atoms with E-state index in [2.05, 4.69) is 0 Å². The average molecular weight is 418 g/mol. The first-order chi connectivity index (χ1) is 14.2. The molecule has 160 valence electrons. The summed E-state index contributed by atoms with van der Waals surface area (Å²) in [5.74, 6) is -3.85. The van der Waals surface area contributed by atoms with Gasteiger partial charge in [0.1, 0.15) is 11.6 Å². The van der Waals surface area contributed by atoms with E-state index >= 15 is 0 Å². The Bertz CT molecular complexity index is 914. The van der Waals surface area contributed by atoms with Crippen molar-refractivity contribution in [2.24, 2.45) is 0 Å². The fraction of sp³-hybridized carbons (Fsp3) is 0.318. The number of amidine groups is 1. The number of aliphatic carboxylic acids is 1. The van der Waals surface area contributed by atoms with Gasteiger partial charge in [0.05, 0.1) is 13.5 Å². The van der Waals surface area contributed by atoms with Gasteiger partial charge < -0.3 is 14.7 Å². The van der Waals surface area contributed by atoms with E-state index in [1.54, 1.807) is 37.3 Å². The number of carboxylic acid groups (broad SMARTS) is 1. The first kappa shape index (κ1) is 23.0. The minimum atomic E-state index is -3.15. The van der Waals surface area contributed by atoms with E-state index in [-0.39, 0.29) is 30.8 Å². The first-order valence-electron chi connectivity index (χ1n) is 9.38. The SMILES string of the molecule is CCN(C=O)C(=N)CCC(F)(F)c1ccc(-c2ccc(OC)c(CC(=O)O)c2)cc1. The highest BCUT2D eigenvalue weighted by Gasteiger charge is 2.32. The molecule has 6 nitrogen and oxygen atoms in total. The molecule has 0 atom stereocenters. The summed E-state index contributed by atoms with van der Waals surface area (Å²) in [5.41, 5.74) is 1.65. The summed E-state index contributed by atoms with van der Waals surface area (Å²) in [5, 5.41) is 16.8. The molecule has 30 heavy (non-hydrogen) atoms. The standard InChI is InChI=1S/C22H24F2N2O4/c1-3-26(14-27)20(25)10-11-22(23,24)18-7-4-15(5-8-18)16-6-9-19(30-2)17(12-16)13-21(28)29/h4-9,12,14,25H,3,10-11,13H2,1-2H3,(H,28,29). The smallest absolute Gasteiger partial charge is 0.307 e. The van der Waals surface area contributed by atoms with Crippen LogP contribution in [0.15, 0.2) is 42.5 Å². The quantitative estimate of drug-likeness (QED) is 0.342. The summed E-state index contributed by atoms with van der Waals surface area (Å²) in [4.78, 5) is 23.0. The normalized spacial score (nSPS) is 11.1. The van der Waals surface area contributed by atoms with Crippen molar-refractivity contribution < 1.29 is 28.2 Å². The second-order valence-electron chi connectivity index (χ2n) is 6.72. The van der Waals surface area contributed by atoms with E-state index in [1.807, 2.05) is 0 Å². The predicted octanol–water partition coefficient (Wildman–Crippen LogP) is 4.32. The molecule has 0 aliphatic rings. The maximum absolute atomic E-state index is 14.5. The minimum Gasteiger partial charge on any atom is -0.496 e. The van der Waals surface area contributed by atoms with Crippen LogP contribution in [0, 0.1) is 5.41 Å². The van der Waals surface area contributed by atoms with Crippen molar-refractivity contribution in [2.75, 3.05) is 13.7 Å². The zero-order valence-electron chi connectivity index (χ0n) is 16.8. The monoisotopic (exact) mass is 418 g/mol. The van der Waals surface area contributed by atoms with Crippen LogP contribution in [0.4, 0.5) is 8.78 Å². The van der Waals surface area contributed by atoms with Gasteiger partial charge in [0, 0.05) is 30.5 Å². The van der Waals surface area contributed by atoms with E-state index in [4.69, 9.17) is 15.3 Å². The van der Waals surface area contributed by atoms with Crippen molar-refractivity contribution >= 4 is 18.2 Å². The molecule has 0 saturated heterocycles. The number of nitrogens with zero attached hydrogens (tertiary/aromatic N) is 1. The summed E-state index contributed by atoms with van der Waals surface area (Å²) in [6, 6.07) is 10.8. The zero-order valence-corrected chi connectivity index (χ0v) is 16.8. The predicted molar refractivity (Wildman–Crippen MR) is 109 cm³/mol. The molecule has 0 saturated carbocycles. The lowest BCUT2D eigenvalue weighted by molar-refractivity contribution is -0.136. The van der Waals surface area contributed by atoms with Crippen LogP contribution in [-0.4, -0.2) is 41.9 Å². The van der Waals surface area contributed by atoms with Gasteiger partial charge in [0.15, 0.2) is 0 Å². The van der Waals surface area contributed by atoms with Crippen LogP contribution in [0.2, 0.25) is 0 Å². The Morgan fingerprint density at radius 1 is 1.20 bits per heavy atom. The molecule has 0 aromatic heterocycles. The Balaban J connectivity index is 2.18. The number of carboxylic acids is 1. The Morgan fingerprint density at radius 2 is 1.83 bits per heavy atom. The number of hydrogen-bond acceptors (Lipinski definition) is 4. The Hall–Kier alpha value is -3.29. The van der Waals surface area contributed by atoms with E-state index in [0.29, 0.717) is 28.8 Å². The van der Waals surface area contributed by atoms with Gasteiger partial charge >= 0.3 is 5.97 Å². The number of rotatable bonds is 10. The zero-order chi connectivity index (χ0) is 22.3. The molecule has 0 aliphatic heterocycles. The lowest BCUT2D eigenvalue weighted by Gasteiger charge is -2.20. The van der Waals surface area contributed by atoms with E-state index in [9.17, 15) is 18.4 Å². The molecule has 2 aromatic rings. The van der Waals surface area contributed by atoms with Crippen molar-refractivity contribution in [1.82, 2.24) is 4.90 Å². The fourth-order valence-electron chi connectivity index (χ4n) is 3.06. The number of nitrogens with one attached hydrogen (secondary N) is 1. The van der Waals surface area contributed by atoms with Crippen LogP contribution in [-0.2, 0) is 21.9 Å². The number of benzene rings is 2. The molecule has 2 rings (SSSR count). The van der Waals surface area contributed by atoms with E-state index < -0.39 is 18.3 Å². The van der Waals surface area contributed by atoms with Crippen molar-refractivity contribution in [2.45, 2.75) is 32.1 Å². The topological polar surface area (TPSA) is 90.7 Å². The molecule has 0 aliphatic carbocycles. The Morgan fingerprint density at radius 3 is 2.37 bits per heavy atom. The molecule has 0 heterocycles. The van der Waals surface area contributed by atoms with Crippen LogP contribution >= 0.6 is 0 Å². The maximum Gasteiger partial charge on any atom is 0.307 e. The molecular formula is C22H24F2N2O4. The van der Waals surface area contributed by atoms with Gasteiger partial charge in [-0.2, -0.15) is 0 Å². The highest BCUT2D eigenvalue weighted by atomic mass is 19.3. The van der Waals surface area contributed by atoms with E-state index in [0.717, 1.165) is 4.90 Å². The summed E-state index contributed by atoms with van der Waals surface area (Å²) in [6.07, 6.45) is -0.559. The number of hydrogen-bond donors (Lipinski definition) is 2. The fourth-order valence-corrected chi connectivity index (χ4v) is 3.06. The molecule has 2 N–H and O–H groups in total. The second kappa shape index (κ2) is 9.96. The second-order valence-corrected chi connectivity index (χ2v) is 6.72. The van der Waals surface area contributed by atoms with Crippen LogP contribution < -0.4 is 4.74 Å². The van der Waals surface area contributed by atoms with Gasteiger partial charge in [-0.3, -0.25) is 15.0 Å². The number of methoxy groups -OCH3 is 1. The molecule has 0 unspecified atom stereocenters. The number of ether oxygens (including phenoxy) is 1. The molecular weight excluding hydrogens is 394 g/mol. The Kier molecular flexibility index (Phi) is 7.63. The number of carbonyl (C=O) groups excluding carboxylic acids is 1. The van der Waals surface area contributed by atoms with Gasteiger partial charge in [-0.05, 0) is 30.2 Å². The third-order valence-corrected chi connectivity index (χ3v) is 4.75. The van der Waals surface area contributed by atoms with Crippen LogP contribution in [0.25, 0.3) is 11.1 Å². The summed E-state index contributed by atoms with van der Waals surface area (Å²) in [7, 11) is 1.45. The molecule has 0 bridgehead atoms. The lowest BCUT2D eigenvalue weighted by atomic mass is 9.97. The number of amides is 1. The molecule has 1 amide bonds. The number of halogens is 2. The highest BCUT2D eigenvalue weighted by molar-refractivity contribution is 5.88. The maximum atomic E-state index is 14.5. The van der Waals surface area contributed by atoms with Crippen LogP contribution in [0.1, 0.15) is 30.9 Å². The van der Waals surface area contributed by atoms with Gasteiger partial charge in [-0.15, -0.1) is 0 Å². The van der Waals surface area contributed by atoms with Gasteiger partial charge in [0.25, 0.3) is 5.92 Å². The number of alkyl halides is 2. The van der Waals surface area contributed by atoms with Gasteiger partial charge in [-0.25, -0.2) is 8.78 Å². The molecule has 0 fully saturated rings. The minimum absolute atomic E-state index is 0.145. The first-order valence-corrected chi connectivity index (χ1v) is 9.38. The van der Waals surface area contributed by atoms with E-state index in [1.165, 1.54) is 19.2 Å². The highest BCUT2D eigenvalue weighted by Crippen LogP contribution is 2.35. The van der Waals surface area contributed by atoms with Crippen molar-refractivity contribution in [3.63, 3.8) is 0 Å². The van der Waals surface area contributed by atoms with Gasteiger partial charge in [-0.1, -0.05) is 30.3 Å².